The van der Waals surface area contributed by atoms with Gasteiger partial charge >= 0.3 is 5.97 Å². The molecule has 1 saturated heterocycles. The predicted molar refractivity (Wildman–Crippen MR) is 72.4 cm³/mol. The molecule has 0 spiro atoms. The van der Waals surface area contributed by atoms with Gasteiger partial charge in [-0.05, 0) is 18.6 Å². The van der Waals surface area contributed by atoms with Gasteiger partial charge in [-0.1, -0.05) is 0 Å². The Labute approximate surface area is 111 Å². The van der Waals surface area contributed by atoms with E-state index in [1.165, 1.54) is 0 Å². The molecule has 0 bridgehead atoms. The fourth-order valence-corrected chi connectivity index (χ4v) is 2.30. The van der Waals surface area contributed by atoms with E-state index in [2.05, 4.69) is 4.98 Å². The molecule has 4 N–H and O–H groups in total. The number of aliphatic carboxylic acids is 1. The molecule has 1 aliphatic rings. The summed E-state index contributed by atoms with van der Waals surface area (Å²) in [6.45, 7) is 0.460. The van der Waals surface area contributed by atoms with E-state index in [9.17, 15) is 15.0 Å². The smallest absolute Gasteiger partial charge is 0.329 e. The molecular weight excluding hydrogens is 248 g/mol. The Kier molecular flexibility index (Phi) is 3.48. The maximum atomic E-state index is 11.2. The Morgan fingerprint density at radius 3 is 2.79 bits per heavy atom. The van der Waals surface area contributed by atoms with E-state index in [1.54, 1.807) is 21.9 Å². The first-order valence-corrected chi connectivity index (χ1v) is 6.03. The van der Waals surface area contributed by atoms with Gasteiger partial charge < -0.3 is 25.7 Å². The van der Waals surface area contributed by atoms with Crippen LogP contribution in [0.5, 0.6) is 0 Å². The zero-order chi connectivity index (χ0) is 14.2. The average molecular weight is 266 g/mol. The number of carboxylic acids is 1. The molecule has 0 amide bonds. The lowest BCUT2D eigenvalue weighted by molar-refractivity contribution is -0.140. The van der Waals surface area contributed by atoms with Gasteiger partial charge in [0.15, 0.2) is 11.9 Å². The van der Waals surface area contributed by atoms with Gasteiger partial charge in [0.2, 0.25) is 0 Å². The van der Waals surface area contributed by atoms with Gasteiger partial charge in [0, 0.05) is 20.6 Å². The number of carbonyl (C=O) groups is 1. The van der Waals surface area contributed by atoms with Crippen molar-refractivity contribution < 1.29 is 15.0 Å². The third kappa shape index (κ3) is 2.41. The normalized spacial score (nSPS) is 22.6. The summed E-state index contributed by atoms with van der Waals surface area (Å²) in [5.74, 6) is 0.0555. The van der Waals surface area contributed by atoms with E-state index in [0.29, 0.717) is 30.3 Å². The van der Waals surface area contributed by atoms with Crippen LogP contribution >= 0.6 is 0 Å². The molecule has 1 aromatic heterocycles. The van der Waals surface area contributed by atoms with Crippen LogP contribution in [-0.4, -0.2) is 54.0 Å². The number of anilines is 3. The molecule has 2 unspecified atom stereocenters. The Balaban J connectivity index is 2.36. The maximum Gasteiger partial charge on any atom is 0.329 e. The molecule has 2 atom stereocenters. The predicted octanol–water partition coefficient (Wildman–Crippen LogP) is -0.246. The number of nitrogens with zero attached hydrogens (tertiary/aromatic N) is 3. The summed E-state index contributed by atoms with van der Waals surface area (Å²) in [7, 11) is 3.63. The monoisotopic (exact) mass is 266 g/mol. The number of aromatic nitrogens is 1. The van der Waals surface area contributed by atoms with Crippen molar-refractivity contribution in [1.29, 1.82) is 0 Å². The Morgan fingerprint density at radius 2 is 2.21 bits per heavy atom. The van der Waals surface area contributed by atoms with E-state index in [0.717, 1.165) is 0 Å². The Bertz CT molecular complexity index is 492. The fourth-order valence-electron chi connectivity index (χ4n) is 2.30. The summed E-state index contributed by atoms with van der Waals surface area (Å²) in [6.07, 6.45) is -0.458. The molecule has 7 heteroatoms. The first-order valence-electron chi connectivity index (χ1n) is 6.03. The molecule has 2 heterocycles. The van der Waals surface area contributed by atoms with Crippen molar-refractivity contribution >= 4 is 23.3 Å². The average Bonchev–Trinajstić information content (AvgIpc) is 2.71. The molecule has 104 valence electrons. The van der Waals surface area contributed by atoms with Crippen molar-refractivity contribution in [3.8, 4) is 0 Å². The van der Waals surface area contributed by atoms with Gasteiger partial charge in [-0.2, -0.15) is 0 Å². The number of nitrogen functional groups attached to an aromatic ring is 1. The van der Waals surface area contributed by atoms with Crippen LogP contribution in [-0.2, 0) is 4.79 Å². The summed E-state index contributed by atoms with van der Waals surface area (Å²) in [5, 5.41) is 18.9. The zero-order valence-corrected chi connectivity index (χ0v) is 10.9. The van der Waals surface area contributed by atoms with Gasteiger partial charge in [0.1, 0.15) is 5.82 Å². The lowest BCUT2D eigenvalue weighted by Gasteiger charge is -2.25. The van der Waals surface area contributed by atoms with E-state index < -0.39 is 18.1 Å². The number of carboxylic acid groups (broad SMARTS) is 1. The highest BCUT2D eigenvalue weighted by atomic mass is 16.4. The second kappa shape index (κ2) is 4.93. The molecular formula is C12H18N4O3. The van der Waals surface area contributed by atoms with Gasteiger partial charge in [0.05, 0.1) is 11.8 Å². The first kappa shape index (κ1) is 13.4. The summed E-state index contributed by atoms with van der Waals surface area (Å²) in [6, 6.07) is 2.42. The van der Waals surface area contributed by atoms with Crippen molar-refractivity contribution in [1.82, 2.24) is 4.98 Å². The van der Waals surface area contributed by atoms with E-state index in [-0.39, 0.29) is 0 Å². The van der Waals surface area contributed by atoms with Crippen LogP contribution in [0, 0.1) is 0 Å². The zero-order valence-electron chi connectivity index (χ0n) is 10.9. The number of aliphatic hydroxyl groups is 1. The van der Waals surface area contributed by atoms with E-state index in [1.807, 2.05) is 14.1 Å². The van der Waals surface area contributed by atoms with Crippen molar-refractivity contribution in [3.05, 3.63) is 12.1 Å². The minimum atomic E-state index is -1.05. The first-order chi connectivity index (χ1) is 8.91. The topological polar surface area (TPSA) is 103 Å². The third-order valence-electron chi connectivity index (χ3n) is 3.23. The number of rotatable bonds is 3. The largest absolute Gasteiger partial charge is 0.480 e. The summed E-state index contributed by atoms with van der Waals surface area (Å²) >= 11 is 0. The summed E-state index contributed by atoms with van der Waals surface area (Å²) in [5.41, 5.74) is 6.35. The van der Waals surface area contributed by atoms with Crippen LogP contribution in [0.2, 0.25) is 0 Å². The molecule has 0 aromatic carbocycles. The quantitative estimate of drug-likeness (QED) is 0.693. The number of aliphatic hydroxyl groups excluding tert-OH is 1. The highest BCUT2D eigenvalue weighted by Gasteiger charge is 2.39. The van der Waals surface area contributed by atoms with Gasteiger partial charge in [-0.15, -0.1) is 0 Å². The molecule has 1 fully saturated rings. The molecule has 19 heavy (non-hydrogen) atoms. The van der Waals surface area contributed by atoms with E-state index in [4.69, 9.17) is 5.73 Å². The van der Waals surface area contributed by atoms with Crippen LogP contribution in [0.1, 0.15) is 6.42 Å². The second-order valence-corrected chi connectivity index (χ2v) is 4.81. The van der Waals surface area contributed by atoms with Crippen LogP contribution in [0.3, 0.4) is 0 Å². The molecule has 0 aliphatic carbocycles. The lowest BCUT2D eigenvalue weighted by atomic mass is 10.2. The van der Waals surface area contributed by atoms with Gasteiger partial charge in [-0.25, -0.2) is 9.78 Å². The number of nitrogens with two attached hydrogens (primary N) is 1. The minimum absolute atomic E-state index is 0.417. The van der Waals surface area contributed by atoms with Crippen molar-refractivity contribution in [2.24, 2.45) is 0 Å². The molecule has 2 rings (SSSR count). The van der Waals surface area contributed by atoms with E-state index >= 15 is 0 Å². The van der Waals surface area contributed by atoms with Crippen LogP contribution in [0.25, 0.3) is 0 Å². The fraction of sp³-hybridized carbons (Fsp3) is 0.500. The second-order valence-electron chi connectivity index (χ2n) is 4.81. The molecule has 1 aromatic rings. The van der Waals surface area contributed by atoms with Crippen molar-refractivity contribution in [2.75, 3.05) is 36.2 Å². The van der Waals surface area contributed by atoms with Crippen molar-refractivity contribution in [2.45, 2.75) is 18.6 Å². The molecule has 1 aliphatic heterocycles. The van der Waals surface area contributed by atoms with Crippen LogP contribution < -0.4 is 15.5 Å². The van der Waals surface area contributed by atoms with Gasteiger partial charge in [-0.3, -0.25) is 0 Å². The van der Waals surface area contributed by atoms with Crippen LogP contribution in [0.4, 0.5) is 17.3 Å². The molecule has 7 nitrogen and oxygen atoms in total. The number of hydrogen-bond donors (Lipinski definition) is 3. The highest BCUT2D eigenvalue weighted by molar-refractivity contribution is 5.80. The molecule has 0 radical (unpaired) electrons. The van der Waals surface area contributed by atoms with Crippen molar-refractivity contribution in [3.63, 3.8) is 0 Å². The Hall–Kier alpha value is -2.02. The highest BCUT2D eigenvalue weighted by Crippen LogP contribution is 2.28. The lowest BCUT2D eigenvalue weighted by Crippen LogP contribution is -2.42. The third-order valence-corrected chi connectivity index (χ3v) is 3.23. The Morgan fingerprint density at radius 1 is 1.53 bits per heavy atom. The minimum Gasteiger partial charge on any atom is -0.480 e. The standard InChI is InChI=1S/C12H18N4O3/c1-15(2)11-7(13)3-4-9(14-11)16-6-5-8(17)10(16)12(18)19/h3-4,8,10,17H,5-6,13H2,1-2H3,(H,18,19). The SMILES string of the molecule is CN(C)c1nc(N2CCC(O)C2C(=O)O)ccc1N. The maximum absolute atomic E-state index is 11.2. The summed E-state index contributed by atoms with van der Waals surface area (Å²) in [4.78, 5) is 19.0. The number of hydrogen-bond acceptors (Lipinski definition) is 6. The molecule has 0 saturated carbocycles. The number of pyridine rings is 1. The van der Waals surface area contributed by atoms with Gasteiger partial charge in [0.25, 0.3) is 0 Å². The summed E-state index contributed by atoms with van der Waals surface area (Å²) < 4.78 is 0. The van der Waals surface area contributed by atoms with Crippen LogP contribution in [0.15, 0.2) is 12.1 Å².